The molecule has 0 aliphatic carbocycles. The van der Waals surface area contributed by atoms with Crippen LogP contribution in [0.4, 0.5) is 0 Å². The topological polar surface area (TPSA) is 177 Å². The highest BCUT2D eigenvalue weighted by atomic mass is 35.5. The molecule has 0 saturated carbocycles. The summed E-state index contributed by atoms with van der Waals surface area (Å²) in [5, 5.41) is 27.8. The third-order valence-corrected chi connectivity index (χ3v) is 7.57. The summed E-state index contributed by atoms with van der Waals surface area (Å²) in [6.45, 7) is -0.145. The first-order valence-electron chi connectivity index (χ1n) is 12.2. The smallest absolute Gasteiger partial charge is 0.248 e. The number of aliphatic hydroxyl groups excluding tert-OH is 2. The van der Waals surface area contributed by atoms with E-state index in [9.17, 15) is 34.2 Å². The van der Waals surface area contributed by atoms with E-state index in [2.05, 4.69) is 21.3 Å². The maximum absolute atomic E-state index is 13.5. The number of aliphatic hydroxyl groups is 2. The van der Waals surface area contributed by atoms with Gasteiger partial charge in [0, 0.05) is 6.54 Å². The Hall–Kier alpha value is -2.93. The molecule has 208 valence electrons. The summed E-state index contributed by atoms with van der Waals surface area (Å²) >= 11 is 12.7. The van der Waals surface area contributed by atoms with Crippen LogP contribution in [0.5, 0.6) is 0 Å². The van der Waals surface area contributed by atoms with Crippen molar-refractivity contribution in [3.05, 3.63) is 35.9 Å². The van der Waals surface area contributed by atoms with Gasteiger partial charge in [-0.3, -0.25) is 24.0 Å². The van der Waals surface area contributed by atoms with Gasteiger partial charge in [-0.2, -0.15) is 0 Å². The lowest BCUT2D eigenvalue weighted by molar-refractivity contribution is -0.143. The summed E-state index contributed by atoms with van der Waals surface area (Å²) in [5.74, 6) is -3.75. The normalized spacial score (nSPS) is 31.7. The van der Waals surface area contributed by atoms with Crippen molar-refractivity contribution in [1.29, 1.82) is 0 Å². The summed E-state index contributed by atoms with van der Waals surface area (Å²) in [6.07, 6.45) is -0.0832. The third-order valence-electron chi connectivity index (χ3n) is 6.49. The second-order valence-electron chi connectivity index (χ2n) is 9.09. The summed E-state index contributed by atoms with van der Waals surface area (Å²) in [4.78, 5) is 66.4. The van der Waals surface area contributed by atoms with Crippen molar-refractivity contribution >= 4 is 52.7 Å². The van der Waals surface area contributed by atoms with Gasteiger partial charge < -0.3 is 36.4 Å². The quantitative estimate of drug-likeness (QED) is 0.239. The molecule has 0 bridgehead atoms. The number of nitrogens with zero attached hydrogens (tertiary/aromatic N) is 1. The highest BCUT2D eigenvalue weighted by Gasteiger charge is 2.48. The van der Waals surface area contributed by atoms with Crippen LogP contribution in [-0.4, -0.2) is 99.3 Å². The molecule has 1 aromatic rings. The minimum atomic E-state index is -1.51. The van der Waals surface area contributed by atoms with E-state index in [4.69, 9.17) is 23.2 Å². The predicted molar refractivity (Wildman–Crippen MR) is 137 cm³/mol. The first-order chi connectivity index (χ1) is 18.1. The lowest BCUT2D eigenvalue weighted by atomic mass is 10.0. The van der Waals surface area contributed by atoms with E-state index in [1.165, 1.54) is 0 Å². The first kappa shape index (κ1) is 29.6. The molecule has 2 aliphatic rings. The van der Waals surface area contributed by atoms with Crippen LogP contribution in [0.15, 0.2) is 30.3 Å². The molecule has 38 heavy (non-hydrogen) atoms. The second kappa shape index (κ2) is 13.2. The molecular weight excluding hydrogens is 541 g/mol. The number of rotatable bonds is 4. The van der Waals surface area contributed by atoms with Crippen LogP contribution >= 0.6 is 23.2 Å². The molecule has 2 fully saturated rings. The van der Waals surface area contributed by atoms with Gasteiger partial charge in [0.2, 0.25) is 29.5 Å². The Morgan fingerprint density at radius 3 is 2.05 bits per heavy atom. The van der Waals surface area contributed by atoms with Gasteiger partial charge in [0.1, 0.15) is 24.2 Å². The highest BCUT2D eigenvalue weighted by Crippen LogP contribution is 2.29. The van der Waals surface area contributed by atoms with Crippen LogP contribution in [0.3, 0.4) is 0 Å². The zero-order valence-electron chi connectivity index (χ0n) is 20.6. The van der Waals surface area contributed by atoms with Gasteiger partial charge in [-0.15, -0.1) is 23.2 Å². The molecule has 0 aromatic heterocycles. The summed E-state index contributed by atoms with van der Waals surface area (Å²) in [6, 6.07) is 2.52. The fourth-order valence-corrected chi connectivity index (χ4v) is 5.01. The lowest BCUT2D eigenvalue weighted by Gasteiger charge is -2.31. The van der Waals surface area contributed by atoms with Crippen LogP contribution in [0.25, 0.3) is 0 Å². The van der Waals surface area contributed by atoms with Gasteiger partial charge in [0.05, 0.1) is 36.4 Å². The number of benzene rings is 1. The minimum absolute atomic E-state index is 0.145. The standard InChI is InChI=1S/C24H31Cl2N5O7/c1-2-14-21(35)29-16(10-32)22(36)30-17(11-33)24(38)31-9-13(25)19(26)20(31)23(37)28-15(8-18(34)27-14)12-6-4-3-5-7-12/h3-7,13-17,19-20,32-33H,2,8-11H2,1H3,(H,27,34)(H,28,37)(H,29,35)(H,30,36)/t13-,14-,15+,16-,17+,19-,20+/m0/s1. The van der Waals surface area contributed by atoms with Gasteiger partial charge in [0.15, 0.2) is 0 Å². The average molecular weight is 572 g/mol. The number of halogens is 2. The molecule has 0 radical (unpaired) electrons. The zero-order chi connectivity index (χ0) is 28.0. The first-order valence-corrected chi connectivity index (χ1v) is 13.0. The van der Waals surface area contributed by atoms with Crippen molar-refractivity contribution in [3.63, 3.8) is 0 Å². The average Bonchev–Trinajstić information content (AvgIpc) is 3.21. The van der Waals surface area contributed by atoms with E-state index < -0.39 is 83.7 Å². The van der Waals surface area contributed by atoms with E-state index in [-0.39, 0.29) is 19.4 Å². The number of alkyl halides is 2. The van der Waals surface area contributed by atoms with Crippen LogP contribution in [-0.2, 0) is 24.0 Å². The fraction of sp³-hybridized carbons (Fsp3) is 0.542. The molecule has 12 nitrogen and oxygen atoms in total. The van der Waals surface area contributed by atoms with Crippen LogP contribution in [0.2, 0.25) is 0 Å². The van der Waals surface area contributed by atoms with Crippen molar-refractivity contribution in [3.8, 4) is 0 Å². The number of nitrogens with one attached hydrogen (secondary N) is 4. The maximum atomic E-state index is 13.5. The van der Waals surface area contributed by atoms with Crippen LogP contribution in [0.1, 0.15) is 31.4 Å². The van der Waals surface area contributed by atoms with E-state index in [0.717, 1.165) is 4.90 Å². The summed E-state index contributed by atoms with van der Waals surface area (Å²) in [7, 11) is 0. The number of amides is 5. The number of carbonyl (C=O) groups is 5. The second-order valence-corrected chi connectivity index (χ2v) is 10.2. The Labute approximate surface area is 229 Å². The number of carbonyl (C=O) groups excluding carboxylic acids is 5. The number of fused-ring (bicyclic) bond motifs is 1. The molecule has 3 rings (SSSR count). The molecule has 2 aliphatic heterocycles. The zero-order valence-corrected chi connectivity index (χ0v) is 22.1. The Morgan fingerprint density at radius 1 is 0.842 bits per heavy atom. The van der Waals surface area contributed by atoms with Gasteiger partial charge in [-0.1, -0.05) is 37.3 Å². The van der Waals surface area contributed by atoms with Gasteiger partial charge >= 0.3 is 0 Å². The highest BCUT2D eigenvalue weighted by molar-refractivity contribution is 6.32. The van der Waals surface area contributed by atoms with Crippen LogP contribution < -0.4 is 21.3 Å². The SMILES string of the molecule is CC[C@@H]1NC(=O)C[C@H](c2ccccc2)NC(=O)[C@H]2[C@@H](Cl)[C@@H](Cl)CN2C(=O)[C@@H](CO)NC(=O)[C@H](CO)NC1=O. The summed E-state index contributed by atoms with van der Waals surface area (Å²) in [5.41, 5.74) is 0.597. The molecule has 14 heteroatoms. The summed E-state index contributed by atoms with van der Waals surface area (Å²) < 4.78 is 0. The molecule has 2 saturated heterocycles. The monoisotopic (exact) mass is 571 g/mol. The van der Waals surface area contributed by atoms with Gasteiger partial charge in [-0.05, 0) is 12.0 Å². The minimum Gasteiger partial charge on any atom is -0.394 e. The van der Waals surface area contributed by atoms with Crippen molar-refractivity contribution in [1.82, 2.24) is 26.2 Å². The molecule has 7 atom stereocenters. The lowest BCUT2D eigenvalue weighted by Crippen LogP contribution is -2.60. The molecule has 6 N–H and O–H groups in total. The van der Waals surface area contributed by atoms with E-state index in [1.54, 1.807) is 37.3 Å². The third kappa shape index (κ3) is 6.73. The van der Waals surface area contributed by atoms with Crippen molar-refractivity contribution in [2.45, 2.75) is 60.7 Å². The predicted octanol–water partition coefficient (Wildman–Crippen LogP) is -1.48. The molecule has 0 spiro atoms. The number of hydrogen-bond donors (Lipinski definition) is 6. The Morgan fingerprint density at radius 2 is 1.45 bits per heavy atom. The van der Waals surface area contributed by atoms with Crippen molar-refractivity contribution in [2.75, 3.05) is 19.8 Å². The molecule has 0 unspecified atom stereocenters. The molecule has 1 aromatic carbocycles. The largest absolute Gasteiger partial charge is 0.394 e. The van der Waals surface area contributed by atoms with Crippen molar-refractivity contribution in [2.24, 2.45) is 0 Å². The Kier molecular flexibility index (Phi) is 10.3. The van der Waals surface area contributed by atoms with Crippen LogP contribution in [0, 0.1) is 0 Å². The van der Waals surface area contributed by atoms with E-state index in [1.807, 2.05) is 0 Å². The Balaban J connectivity index is 2.02. The fourth-order valence-electron chi connectivity index (χ4n) is 4.40. The van der Waals surface area contributed by atoms with E-state index in [0.29, 0.717) is 5.56 Å². The maximum Gasteiger partial charge on any atom is 0.248 e. The van der Waals surface area contributed by atoms with E-state index >= 15 is 0 Å². The number of hydrogen-bond acceptors (Lipinski definition) is 7. The van der Waals surface area contributed by atoms with Gasteiger partial charge in [0.25, 0.3) is 0 Å². The van der Waals surface area contributed by atoms with Gasteiger partial charge in [-0.25, -0.2) is 0 Å². The molecule has 2 heterocycles. The Bertz CT molecular complexity index is 1050. The molecular formula is C24H31Cl2N5O7. The van der Waals surface area contributed by atoms with Crippen molar-refractivity contribution < 1.29 is 34.2 Å². The molecule has 5 amide bonds.